The highest BCUT2D eigenvalue weighted by atomic mass is 19.4. The van der Waals surface area contributed by atoms with Gasteiger partial charge >= 0.3 is 6.36 Å². The number of likely N-dealkylation sites (tertiary alicyclic amines) is 1. The summed E-state index contributed by atoms with van der Waals surface area (Å²) in [4.78, 5) is 33.7. The molecule has 5 rings (SSSR count). The molecule has 0 aliphatic carbocycles. The molecule has 37 heavy (non-hydrogen) atoms. The van der Waals surface area contributed by atoms with Crippen LogP contribution in [0.15, 0.2) is 48.9 Å². The molecule has 0 saturated carbocycles. The van der Waals surface area contributed by atoms with Gasteiger partial charge in [-0.05, 0) is 37.5 Å². The van der Waals surface area contributed by atoms with Gasteiger partial charge in [0.15, 0.2) is 5.82 Å². The van der Waals surface area contributed by atoms with E-state index in [0.717, 1.165) is 57.6 Å². The molecule has 0 bridgehead atoms. The Hall–Kier alpha value is -3.96. The fraction of sp³-hybridized carbons (Fsp3) is 0.400. The zero-order valence-electron chi connectivity index (χ0n) is 20.2. The number of ether oxygens (including phenoxy) is 1. The number of pyridine rings is 2. The molecule has 3 aromatic heterocycles. The number of anilines is 3. The van der Waals surface area contributed by atoms with E-state index in [4.69, 9.17) is 4.98 Å². The third-order valence-electron chi connectivity index (χ3n) is 6.72. The Balaban J connectivity index is 1.44. The number of aromatic nitrogens is 4. The lowest BCUT2D eigenvalue weighted by Gasteiger charge is -2.40. The van der Waals surface area contributed by atoms with Crippen LogP contribution in [0.5, 0.6) is 5.75 Å². The summed E-state index contributed by atoms with van der Waals surface area (Å²) in [6, 6.07) is 7.65. The quantitative estimate of drug-likeness (QED) is 0.536. The molecule has 9 nitrogen and oxygen atoms in total. The third-order valence-corrected chi connectivity index (χ3v) is 6.72. The van der Waals surface area contributed by atoms with Crippen molar-refractivity contribution in [3.05, 3.63) is 48.9 Å². The molecular formula is C25H26F3N7O2. The molecule has 1 atom stereocenters. The SMILES string of the molecule is CC(=O)N1CCCC2(CCN(c3cc(Nc4cc(OC(F)(F)F)ccn4)nc(-c4cccnc4)n3)C2)C1. The molecule has 12 heteroatoms. The average molecular weight is 514 g/mol. The van der Waals surface area contributed by atoms with Gasteiger partial charge < -0.3 is 19.9 Å². The van der Waals surface area contributed by atoms with Gasteiger partial charge in [0, 0.05) is 74.8 Å². The fourth-order valence-electron chi connectivity index (χ4n) is 5.03. The molecule has 1 N–H and O–H groups in total. The van der Waals surface area contributed by atoms with E-state index in [0.29, 0.717) is 23.0 Å². The summed E-state index contributed by atoms with van der Waals surface area (Å²) in [5, 5.41) is 2.99. The Kier molecular flexibility index (Phi) is 6.57. The van der Waals surface area contributed by atoms with Gasteiger partial charge in [-0.15, -0.1) is 13.2 Å². The van der Waals surface area contributed by atoms with Crippen molar-refractivity contribution in [2.45, 2.75) is 32.5 Å². The molecule has 2 saturated heterocycles. The summed E-state index contributed by atoms with van der Waals surface area (Å²) in [5.41, 5.74) is 0.700. The highest BCUT2D eigenvalue weighted by Crippen LogP contribution is 2.41. The monoisotopic (exact) mass is 513 g/mol. The maximum atomic E-state index is 12.7. The number of piperidine rings is 1. The van der Waals surface area contributed by atoms with Gasteiger partial charge in [-0.2, -0.15) is 0 Å². The van der Waals surface area contributed by atoms with Gasteiger partial charge in [0.25, 0.3) is 0 Å². The molecule has 0 aromatic carbocycles. The summed E-state index contributed by atoms with van der Waals surface area (Å²) in [5.74, 6) is 1.32. The van der Waals surface area contributed by atoms with E-state index >= 15 is 0 Å². The first kappa shape index (κ1) is 24.7. The first-order chi connectivity index (χ1) is 17.7. The molecular weight excluding hydrogens is 487 g/mol. The van der Waals surface area contributed by atoms with Gasteiger partial charge in [-0.1, -0.05) is 0 Å². The van der Waals surface area contributed by atoms with Crippen LogP contribution in [0.3, 0.4) is 0 Å². The van der Waals surface area contributed by atoms with Crippen LogP contribution in [-0.4, -0.2) is 63.3 Å². The van der Waals surface area contributed by atoms with Crippen LogP contribution in [0.4, 0.5) is 30.6 Å². The number of rotatable bonds is 5. The molecule has 1 unspecified atom stereocenters. The van der Waals surface area contributed by atoms with Gasteiger partial charge in [0.2, 0.25) is 5.91 Å². The first-order valence-electron chi connectivity index (χ1n) is 12.0. The molecule has 2 aliphatic rings. The number of amides is 1. The Morgan fingerprint density at radius 3 is 2.70 bits per heavy atom. The summed E-state index contributed by atoms with van der Waals surface area (Å²) in [6.07, 6.45) is 2.65. The molecule has 5 heterocycles. The molecule has 2 aliphatic heterocycles. The van der Waals surface area contributed by atoms with Crippen molar-refractivity contribution >= 4 is 23.4 Å². The molecule has 1 amide bonds. The van der Waals surface area contributed by atoms with Gasteiger partial charge in [-0.25, -0.2) is 15.0 Å². The molecule has 3 aromatic rings. The van der Waals surface area contributed by atoms with Crippen LogP contribution in [0, 0.1) is 5.41 Å². The number of hydrogen-bond acceptors (Lipinski definition) is 8. The van der Waals surface area contributed by atoms with Crippen molar-refractivity contribution in [3.8, 4) is 17.1 Å². The second-order valence-electron chi connectivity index (χ2n) is 9.44. The first-order valence-corrected chi connectivity index (χ1v) is 12.0. The largest absolute Gasteiger partial charge is 0.573 e. The Bertz CT molecular complexity index is 1270. The van der Waals surface area contributed by atoms with Crippen LogP contribution < -0.4 is 15.0 Å². The van der Waals surface area contributed by atoms with Crippen molar-refractivity contribution in [2.24, 2.45) is 5.41 Å². The molecule has 1 spiro atoms. The minimum Gasteiger partial charge on any atom is -0.406 e. The maximum absolute atomic E-state index is 12.7. The van der Waals surface area contributed by atoms with E-state index in [9.17, 15) is 18.0 Å². The Labute approximate surface area is 211 Å². The van der Waals surface area contributed by atoms with Crippen LogP contribution in [0.25, 0.3) is 11.4 Å². The molecule has 0 radical (unpaired) electrons. The Morgan fingerprint density at radius 1 is 1.08 bits per heavy atom. The van der Waals surface area contributed by atoms with Crippen molar-refractivity contribution in [1.29, 1.82) is 0 Å². The zero-order chi connectivity index (χ0) is 26.0. The normalized spacial score (nSPS) is 19.8. The Morgan fingerprint density at radius 2 is 1.95 bits per heavy atom. The van der Waals surface area contributed by atoms with Crippen molar-refractivity contribution in [2.75, 3.05) is 36.4 Å². The van der Waals surface area contributed by atoms with Gasteiger partial charge in [-0.3, -0.25) is 9.78 Å². The van der Waals surface area contributed by atoms with E-state index < -0.39 is 6.36 Å². The third kappa shape index (κ3) is 5.89. The van der Waals surface area contributed by atoms with Crippen LogP contribution in [-0.2, 0) is 4.79 Å². The van der Waals surface area contributed by atoms with Gasteiger partial charge in [0.1, 0.15) is 23.2 Å². The van der Waals surface area contributed by atoms with E-state index in [2.05, 4.69) is 29.9 Å². The number of nitrogens with zero attached hydrogens (tertiary/aromatic N) is 6. The highest BCUT2D eigenvalue weighted by molar-refractivity contribution is 5.73. The lowest BCUT2D eigenvalue weighted by Crippen LogP contribution is -2.46. The zero-order valence-corrected chi connectivity index (χ0v) is 20.2. The summed E-state index contributed by atoms with van der Waals surface area (Å²) in [6.45, 7) is 4.63. The minimum absolute atomic E-state index is 0.00173. The summed E-state index contributed by atoms with van der Waals surface area (Å²) >= 11 is 0. The lowest BCUT2D eigenvalue weighted by molar-refractivity contribution is -0.274. The van der Waals surface area contributed by atoms with Crippen LogP contribution in [0.1, 0.15) is 26.2 Å². The van der Waals surface area contributed by atoms with Crippen LogP contribution >= 0.6 is 0 Å². The van der Waals surface area contributed by atoms with E-state index in [-0.39, 0.29) is 22.9 Å². The number of carbonyl (C=O) groups excluding carboxylic acids is 1. The van der Waals surface area contributed by atoms with Crippen molar-refractivity contribution in [1.82, 2.24) is 24.8 Å². The topological polar surface area (TPSA) is 96.4 Å². The second-order valence-corrected chi connectivity index (χ2v) is 9.44. The number of carbonyl (C=O) groups is 1. The highest BCUT2D eigenvalue weighted by Gasteiger charge is 2.42. The standard InChI is InChI=1S/C25H26F3N7O2/c1-17(36)34-10-3-6-24(15-34)7-11-35(16-24)22-13-21(32-23(33-22)18-4-2-8-29-14-18)31-20-12-19(5-9-30-20)37-25(26,27)28/h2,4-5,8-9,12-14H,3,6-7,10-11,15-16H2,1H3,(H,30,31,32,33). The predicted octanol–water partition coefficient (Wildman–Crippen LogP) is 4.41. The lowest BCUT2D eigenvalue weighted by atomic mass is 9.79. The van der Waals surface area contributed by atoms with Crippen molar-refractivity contribution in [3.63, 3.8) is 0 Å². The van der Waals surface area contributed by atoms with E-state index in [1.54, 1.807) is 31.5 Å². The van der Waals surface area contributed by atoms with Crippen LogP contribution in [0.2, 0.25) is 0 Å². The fourth-order valence-corrected chi connectivity index (χ4v) is 5.03. The summed E-state index contributed by atoms with van der Waals surface area (Å²) in [7, 11) is 0. The number of hydrogen-bond donors (Lipinski definition) is 1. The van der Waals surface area contributed by atoms with Crippen molar-refractivity contribution < 1.29 is 22.7 Å². The number of alkyl halides is 3. The van der Waals surface area contributed by atoms with Gasteiger partial charge in [0.05, 0.1) is 0 Å². The minimum atomic E-state index is -4.81. The smallest absolute Gasteiger partial charge is 0.406 e. The van der Waals surface area contributed by atoms with E-state index in [1.807, 2.05) is 11.0 Å². The van der Waals surface area contributed by atoms with E-state index in [1.165, 1.54) is 6.20 Å². The molecule has 194 valence electrons. The maximum Gasteiger partial charge on any atom is 0.573 e. The predicted molar refractivity (Wildman–Crippen MR) is 130 cm³/mol. The molecule has 2 fully saturated rings. The number of nitrogens with one attached hydrogen (secondary N) is 1. The number of halogens is 3. The summed E-state index contributed by atoms with van der Waals surface area (Å²) < 4.78 is 42.0. The average Bonchev–Trinajstić information content (AvgIpc) is 3.26. The second kappa shape index (κ2) is 9.83.